The Hall–Kier alpha value is -2.63. The highest BCUT2D eigenvalue weighted by Gasteiger charge is 2.36. The van der Waals surface area contributed by atoms with Crippen molar-refractivity contribution in [2.45, 2.75) is 52.6 Å². The summed E-state index contributed by atoms with van der Waals surface area (Å²) in [6.45, 7) is 6.20. The number of nitrogens with one attached hydrogen (secondary N) is 1. The lowest BCUT2D eigenvalue weighted by Gasteiger charge is -2.24. The number of anilines is 1. The van der Waals surface area contributed by atoms with Gasteiger partial charge in [0.05, 0.1) is 0 Å². The predicted molar refractivity (Wildman–Crippen MR) is 94.0 cm³/mol. The molecule has 3 rings (SSSR count). The summed E-state index contributed by atoms with van der Waals surface area (Å²) in [5, 5.41) is 6.81. The summed E-state index contributed by atoms with van der Waals surface area (Å²) >= 11 is 0. The Morgan fingerprint density at radius 1 is 1.32 bits per heavy atom. The standard InChI is InChI=1S/C19H23N3O3/c1-4-16-18(13(3)21-25-16)20-19(24)15-9-10-17(23)22(15)11-14-7-5-12(2)6-8-14/h5-8,15H,4,9-11H2,1-3H3,(H,20,24)/t15-/m1/s1. The van der Waals surface area contributed by atoms with Gasteiger partial charge in [0.15, 0.2) is 5.76 Å². The van der Waals surface area contributed by atoms with Gasteiger partial charge in [-0.25, -0.2) is 0 Å². The van der Waals surface area contributed by atoms with Crippen molar-refractivity contribution in [3.63, 3.8) is 0 Å². The van der Waals surface area contributed by atoms with Crippen LogP contribution in [0.1, 0.15) is 42.3 Å². The first-order valence-corrected chi connectivity index (χ1v) is 8.60. The number of hydrogen-bond donors (Lipinski definition) is 1. The van der Waals surface area contributed by atoms with Gasteiger partial charge >= 0.3 is 0 Å². The molecule has 0 unspecified atom stereocenters. The van der Waals surface area contributed by atoms with Gasteiger partial charge in [-0.05, 0) is 25.8 Å². The van der Waals surface area contributed by atoms with Gasteiger partial charge in [-0.15, -0.1) is 0 Å². The zero-order chi connectivity index (χ0) is 18.0. The van der Waals surface area contributed by atoms with Crippen molar-refractivity contribution in [2.75, 3.05) is 5.32 Å². The van der Waals surface area contributed by atoms with Crippen molar-refractivity contribution >= 4 is 17.5 Å². The van der Waals surface area contributed by atoms with Crippen LogP contribution >= 0.6 is 0 Å². The van der Waals surface area contributed by atoms with Gasteiger partial charge < -0.3 is 14.7 Å². The molecule has 1 aromatic heterocycles. The molecule has 1 N–H and O–H groups in total. The maximum absolute atomic E-state index is 12.8. The van der Waals surface area contributed by atoms with Crippen LogP contribution in [-0.4, -0.2) is 27.9 Å². The smallest absolute Gasteiger partial charge is 0.247 e. The fraction of sp³-hybridized carbons (Fsp3) is 0.421. The number of aromatic nitrogens is 1. The van der Waals surface area contributed by atoms with Gasteiger partial charge in [0.2, 0.25) is 11.8 Å². The summed E-state index contributed by atoms with van der Waals surface area (Å²) in [4.78, 5) is 26.7. The minimum absolute atomic E-state index is 0.0125. The Morgan fingerprint density at radius 2 is 2.04 bits per heavy atom. The number of hydrogen-bond acceptors (Lipinski definition) is 4. The van der Waals surface area contributed by atoms with Crippen LogP contribution in [0.15, 0.2) is 28.8 Å². The Balaban J connectivity index is 1.75. The van der Waals surface area contributed by atoms with Crippen LogP contribution in [0, 0.1) is 13.8 Å². The first-order valence-electron chi connectivity index (χ1n) is 8.60. The molecule has 0 bridgehead atoms. The van der Waals surface area contributed by atoms with E-state index in [1.807, 2.05) is 38.1 Å². The van der Waals surface area contributed by atoms with Crippen LogP contribution in [0.4, 0.5) is 5.69 Å². The lowest BCUT2D eigenvalue weighted by atomic mass is 10.1. The van der Waals surface area contributed by atoms with Crippen molar-refractivity contribution < 1.29 is 14.1 Å². The Labute approximate surface area is 147 Å². The van der Waals surface area contributed by atoms with Crippen LogP contribution in [0.5, 0.6) is 0 Å². The molecular formula is C19H23N3O3. The highest BCUT2D eigenvalue weighted by molar-refractivity contribution is 5.99. The lowest BCUT2D eigenvalue weighted by molar-refractivity contribution is -0.133. The van der Waals surface area contributed by atoms with Crippen LogP contribution in [-0.2, 0) is 22.6 Å². The number of rotatable bonds is 5. The van der Waals surface area contributed by atoms with Crippen molar-refractivity contribution in [3.8, 4) is 0 Å². The number of carbonyl (C=O) groups is 2. The van der Waals surface area contributed by atoms with Crippen LogP contribution in [0.2, 0.25) is 0 Å². The lowest BCUT2D eigenvalue weighted by Crippen LogP contribution is -2.41. The number of nitrogens with zero attached hydrogens (tertiary/aromatic N) is 2. The summed E-state index contributed by atoms with van der Waals surface area (Å²) in [6.07, 6.45) is 1.57. The summed E-state index contributed by atoms with van der Waals surface area (Å²) in [6, 6.07) is 7.55. The van der Waals surface area contributed by atoms with Crippen LogP contribution in [0.3, 0.4) is 0 Å². The highest BCUT2D eigenvalue weighted by atomic mass is 16.5. The van der Waals surface area contributed by atoms with Crippen molar-refractivity contribution in [2.24, 2.45) is 0 Å². The second-order valence-electron chi connectivity index (χ2n) is 6.47. The van der Waals surface area contributed by atoms with E-state index in [0.29, 0.717) is 42.9 Å². The van der Waals surface area contributed by atoms with Crippen molar-refractivity contribution in [1.82, 2.24) is 10.1 Å². The van der Waals surface area contributed by atoms with Gasteiger partial charge in [0.25, 0.3) is 0 Å². The van der Waals surface area contributed by atoms with E-state index in [0.717, 1.165) is 5.56 Å². The Bertz CT molecular complexity index is 780. The van der Waals surface area contributed by atoms with E-state index in [4.69, 9.17) is 4.52 Å². The van der Waals surface area contributed by atoms with Crippen LogP contribution < -0.4 is 5.32 Å². The Morgan fingerprint density at radius 3 is 2.72 bits per heavy atom. The third-order valence-electron chi connectivity index (χ3n) is 4.61. The molecular weight excluding hydrogens is 318 g/mol. The van der Waals surface area contributed by atoms with Gasteiger partial charge in [-0.2, -0.15) is 0 Å². The maximum atomic E-state index is 12.8. The van der Waals surface area contributed by atoms with E-state index in [1.165, 1.54) is 5.56 Å². The summed E-state index contributed by atoms with van der Waals surface area (Å²) in [5.41, 5.74) is 3.47. The largest absolute Gasteiger partial charge is 0.359 e. The predicted octanol–water partition coefficient (Wildman–Crippen LogP) is 2.98. The molecule has 132 valence electrons. The summed E-state index contributed by atoms with van der Waals surface area (Å²) < 4.78 is 5.22. The molecule has 0 aliphatic carbocycles. The van der Waals surface area contributed by atoms with Crippen LogP contribution in [0.25, 0.3) is 0 Å². The molecule has 1 aliphatic heterocycles. The minimum atomic E-state index is -0.465. The number of amides is 2. The molecule has 2 aromatic rings. The van der Waals surface area contributed by atoms with E-state index in [2.05, 4.69) is 10.5 Å². The van der Waals surface area contributed by atoms with E-state index in [1.54, 1.807) is 11.8 Å². The zero-order valence-electron chi connectivity index (χ0n) is 14.8. The molecule has 0 spiro atoms. The molecule has 1 atom stereocenters. The third kappa shape index (κ3) is 3.57. The number of likely N-dealkylation sites (tertiary alicyclic amines) is 1. The first kappa shape index (κ1) is 17.2. The molecule has 1 aliphatic rings. The molecule has 0 radical (unpaired) electrons. The normalized spacial score (nSPS) is 17.2. The molecule has 2 heterocycles. The number of benzene rings is 1. The third-order valence-corrected chi connectivity index (χ3v) is 4.61. The first-order chi connectivity index (χ1) is 12.0. The fourth-order valence-electron chi connectivity index (χ4n) is 3.12. The van der Waals surface area contributed by atoms with E-state index >= 15 is 0 Å². The summed E-state index contributed by atoms with van der Waals surface area (Å²) in [7, 11) is 0. The molecule has 1 fully saturated rings. The molecule has 0 saturated carbocycles. The molecule has 2 amide bonds. The van der Waals surface area contributed by atoms with Gasteiger partial charge in [-0.1, -0.05) is 41.9 Å². The monoisotopic (exact) mass is 341 g/mol. The highest BCUT2D eigenvalue weighted by Crippen LogP contribution is 2.25. The molecule has 6 nitrogen and oxygen atoms in total. The molecule has 6 heteroatoms. The topological polar surface area (TPSA) is 75.4 Å². The SMILES string of the molecule is CCc1onc(C)c1NC(=O)[C@H]1CCC(=O)N1Cc1ccc(C)cc1. The van der Waals surface area contributed by atoms with Gasteiger partial charge in [0, 0.05) is 19.4 Å². The van der Waals surface area contributed by atoms with E-state index < -0.39 is 6.04 Å². The minimum Gasteiger partial charge on any atom is -0.359 e. The second-order valence-corrected chi connectivity index (χ2v) is 6.47. The van der Waals surface area contributed by atoms with E-state index in [-0.39, 0.29) is 11.8 Å². The zero-order valence-corrected chi connectivity index (χ0v) is 14.8. The number of carbonyl (C=O) groups excluding carboxylic acids is 2. The molecule has 25 heavy (non-hydrogen) atoms. The quantitative estimate of drug-likeness (QED) is 0.907. The fourth-order valence-corrected chi connectivity index (χ4v) is 3.12. The summed E-state index contributed by atoms with van der Waals surface area (Å²) in [5.74, 6) is 0.484. The average molecular weight is 341 g/mol. The maximum Gasteiger partial charge on any atom is 0.247 e. The number of aryl methyl sites for hydroxylation is 3. The second kappa shape index (κ2) is 7.09. The molecule has 1 aromatic carbocycles. The van der Waals surface area contributed by atoms with Crippen molar-refractivity contribution in [3.05, 3.63) is 46.8 Å². The van der Waals surface area contributed by atoms with Gasteiger partial charge in [0.1, 0.15) is 17.4 Å². The van der Waals surface area contributed by atoms with E-state index in [9.17, 15) is 9.59 Å². The Kier molecular flexibility index (Phi) is 4.88. The van der Waals surface area contributed by atoms with Crippen molar-refractivity contribution in [1.29, 1.82) is 0 Å². The van der Waals surface area contributed by atoms with Gasteiger partial charge in [-0.3, -0.25) is 9.59 Å². The average Bonchev–Trinajstić information content (AvgIpc) is 3.13. The molecule has 1 saturated heterocycles.